The van der Waals surface area contributed by atoms with E-state index >= 15 is 0 Å². The minimum Gasteiger partial charge on any atom is -0.388 e. The first kappa shape index (κ1) is 15.8. The number of hydrogen-bond acceptors (Lipinski definition) is 5. The van der Waals surface area contributed by atoms with Crippen LogP contribution in [0.4, 0.5) is 24.8 Å². The molecule has 0 bridgehead atoms. The van der Waals surface area contributed by atoms with Crippen molar-refractivity contribution in [2.45, 2.75) is 44.4 Å². The molecule has 5 nitrogen and oxygen atoms in total. The minimum absolute atomic E-state index is 0.0260. The summed E-state index contributed by atoms with van der Waals surface area (Å²) in [4.78, 5) is 6.56. The van der Waals surface area contributed by atoms with Gasteiger partial charge in [0, 0.05) is 12.6 Å². The van der Waals surface area contributed by atoms with Gasteiger partial charge in [-0.2, -0.15) is 13.2 Å². The van der Waals surface area contributed by atoms with Crippen LogP contribution in [0.15, 0.2) is 6.07 Å². The topological polar surface area (TPSA) is 84.1 Å². The van der Waals surface area contributed by atoms with Crippen LogP contribution in [0.25, 0.3) is 0 Å². The lowest BCUT2D eigenvalue weighted by Crippen LogP contribution is -2.40. The lowest BCUT2D eigenvalue weighted by molar-refractivity contribution is -0.144. The lowest BCUT2D eigenvalue weighted by Gasteiger charge is -2.35. The molecule has 0 atom stereocenters. The Kier molecular flexibility index (Phi) is 4.27. The Labute approximate surface area is 120 Å². The van der Waals surface area contributed by atoms with Crippen LogP contribution < -0.4 is 11.1 Å². The maximum atomic E-state index is 12.6. The van der Waals surface area contributed by atoms with Crippen LogP contribution in [-0.2, 0) is 6.18 Å². The third-order valence-electron chi connectivity index (χ3n) is 3.80. The lowest BCUT2D eigenvalue weighted by atomic mass is 9.79. The molecule has 8 heteroatoms. The number of halogens is 3. The van der Waals surface area contributed by atoms with Crippen LogP contribution in [0.2, 0.25) is 0 Å². The zero-order valence-electron chi connectivity index (χ0n) is 11.7. The highest BCUT2D eigenvalue weighted by molar-refractivity contribution is 5.45. The normalized spacial score (nSPS) is 26.6. The second-order valence-electron chi connectivity index (χ2n) is 5.76. The SMILES string of the molecule is CC1CCC(O)(CNc2cc(N)nc(C(F)(F)F)n2)CC1. The van der Waals surface area contributed by atoms with E-state index in [-0.39, 0.29) is 18.2 Å². The first-order valence-corrected chi connectivity index (χ1v) is 6.86. The van der Waals surface area contributed by atoms with Crippen molar-refractivity contribution in [2.75, 3.05) is 17.6 Å². The van der Waals surface area contributed by atoms with Crippen molar-refractivity contribution < 1.29 is 18.3 Å². The van der Waals surface area contributed by atoms with Crippen LogP contribution >= 0.6 is 0 Å². The van der Waals surface area contributed by atoms with Gasteiger partial charge in [0.05, 0.1) is 5.60 Å². The van der Waals surface area contributed by atoms with E-state index in [0.29, 0.717) is 18.8 Å². The summed E-state index contributed by atoms with van der Waals surface area (Å²) in [5, 5.41) is 13.1. The molecule has 0 unspecified atom stereocenters. The first-order valence-electron chi connectivity index (χ1n) is 6.86. The van der Waals surface area contributed by atoms with Crippen molar-refractivity contribution in [1.82, 2.24) is 9.97 Å². The number of rotatable bonds is 3. The molecule has 1 fully saturated rings. The summed E-state index contributed by atoms with van der Waals surface area (Å²) in [6, 6.07) is 1.23. The van der Waals surface area contributed by atoms with Gasteiger partial charge in [0.25, 0.3) is 0 Å². The van der Waals surface area contributed by atoms with Crippen LogP contribution in [0, 0.1) is 5.92 Å². The highest BCUT2D eigenvalue weighted by Gasteiger charge is 2.36. The van der Waals surface area contributed by atoms with Crippen molar-refractivity contribution in [2.24, 2.45) is 5.92 Å². The monoisotopic (exact) mass is 304 g/mol. The minimum atomic E-state index is -4.65. The smallest absolute Gasteiger partial charge is 0.388 e. The van der Waals surface area contributed by atoms with Gasteiger partial charge in [0.1, 0.15) is 11.6 Å². The molecule has 1 aromatic heterocycles. The van der Waals surface area contributed by atoms with E-state index < -0.39 is 17.6 Å². The molecule has 1 heterocycles. The molecule has 2 rings (SSSR count). The molecule has 118 valence electrons. The molecule has 0 spiro atoms. The van der Waals surface area contributed by atoms with Gasteiger partial charge in [0.2, 0.25) is 5.82 Å². The zero-order valence-corrected chi connectivity index (χ0v) is 11.7. The second kappa shape index (κ2) is 5.67. The molecule has 21 heavy (non-hydrogen) atoms. The van der Waals surface area contributed by atoms with Crippen LogP contribution in [0.1, 0.15) is 38.4 Å². The second-order valence-corrected chi connectivity index (χ2v) is 5.76. The number of nitrogens with two attached hydrogens (primary N) is 1. The Morgan fingerprint density at radius 3 is 2.57 bits per heavy atom. The van der Waals surface area contributed by atoms with Gasteiger partial charge in [-0.3, -0.25) is 0 Å². The van der Waals surface area contributed by atoms with E-state index in [2.05, 4.69) is 22.2 Å². The number of aromatic nitrogens is 2. The third-order valence-corrected chi connectivity index (χ3v) is 3.80. The molecular formula is C13H19F3N4O. The summed E-state index contributed by atoms with van der Waals surface area (Å²) < 4.78 is 37.8. The summed E-state index contributed by atoms with van der Waals surface area (Å²) >= 11 is 0. The van der Waals surface area contributed by atoms with Crippen molar-refractivity contribution in [3.05, 3.63) is 11.9 Å². The maximum absolute atomic E-state index is 12.6. The highest BCUT2D eigenvalue weighted by atomic mass is 19.4. The van der Waals surface area contributed by atoms with E-state index in [1.54, 1.807) is 0 Å². The van der Waals surface area contributed by atoms with Crippen LogP contribution in [0.3, 0.4) is 0 Å². The molecule has 0 amide bonds. The Bertz CT molecular complexity index is 499. The highest BCUT2D eigenvalue weighted by Crippen LogP contribution is 2.32. The van der Waals surface area contributed by atoms with Gasteiger partial charge >= 0.3 is 6.18 Å². The van der Waals surface area contributed by atoms with E-state index in [4.69, 9.17) is 5.73 Å². The van der Waals surface area contributed by atoms with Crippen LogP contribution in [0.5, 0.6) is 0 Å². The first-order chi connectivity index (χ1) is 9.68. The molecule has 0 aliphatic heterocycles. The Morgan fingerprint density at radius 1 is 1.38 bits per heavy atom. The molecule has 1 saturated carbocycles. The number of hydrogen-bond donors (Lipinski definition) is 3. The summed E-state index contributed by atoms with van der Waals surface area (Å²) in [7, 11) is 0. The molecule has 1 aromatic rings. The molecule has 4 N–H and O–H groups in total. The van der Waals surface area contributed by atoms with Gasteiger partial charge < -0.3 is 16.2 Å². The largest absolute Gasteiger partial charge is 0.451 e. The van der Waals surface area contributed by atoms with Crippen molar-refractivity contribution in [1.29, 1.82) is 0 Å². The fraction of sp³-hybridized carbons (Fsp3) is 0.692. The number of anilines is 2. The third kappa shape index (κ3) is 4.20. The number of aliphatic hydroxyl groups is 1. The number of nitrogen functional groups attached to an aromatic ring is 1. The number of alkyl halides is 3. The molecule has 0 radical (unpaired) electrons. The zero-order chi connectivity index (χ0) is 15.7. The van der Waals surface area contributed by atoms with E-state index in [0.717, 1.165) is 12.8 Å². The predicted molar refractivity (Wildman–Crippen MR) is 72.5 cm³/mol. The van der Waals surface area contributed by atoms with Gasteiger partial charge in [-0.1, -0.05) is 6.92 Å². The molecule has 0 aromatic carbocycles. The average Bonchev–Trinajstić information content (AvgIpc) is 2.39. The summed E-state index contributed by atoms with van der Waals surface area (Å²) in [5.41, 5.74) is 4.45. The maximum Gasteiger partial charge on any atom is 0.451 e. The van der Waals surface area contributed by atoms with Crippen molar-refractivity contribution in [3.63, 3.8) is 0 Å². The summed E-state index contributed by atoms with van der Waals surface area (Å²) in [6.45, 7) is 2.27. The summed E-state index contributed by atoms with van der Waals surface area (Å²) in [5.74, 6) is -1.00. The quantitative estimate of drug-likeness (QED) is 0.798. The van der Waals surface area contributed by atoms with E-state index in [1.165, 1.54) is 6.07 Å². The standard InChI is InChI=1S/C13H19F3N4O/c1-8-2-4-12(21,5-3-8)7-18-10-6-9(17)19-11(20-10)13(14,15)16/h6,8,21H,2-5,7H2,1H3,(H3,17,18,19,20). The molecule has 1 aliphatic carbocycles. The molecule has 0 saturated heterocycles. The Hall–Kier alpha value is -1.57. The molecule has 1 aliphatic rings. The van der Waals surface area contributed by atoms with Crippen molar-refractivity contribution >= 4 is 11.6 Å². The van der Waals surface area contributed by atoms with Gasteiger partial charge in [0.15, 0.2) is 0 Å². The fourth-order valence-electron chi connectivity index (χ4n) is 2.41. The Balaban J connectivity index is 2.05. The van der Waals surface area contributed by atoms with Crippen molar-refractivity contribution in [3.8, 4) is 0 Å². The van der Waals surface area contributed by atoms with Gasteiger partial charge in [-0.15, -0.1) is 0 Å². The van der Waals surface area contributed by atoms with E-state index in [9.17, 15) is 18.3 Å². The van der Waals surface area contributed by atoms with Crippen LogP contribution in [-0.4, -0.2) is 27.2 Å². The van der Waals surface area contributed by atoms with Gasteiger partial charge in [-0.05, 0) is 31.6 Å². The fourth-order valence-corrected chi connectivity index (χ4v) is 2.41. The number of nitrogens with one attached hydrogen (secondary N) is 1. The average molecular weight is 304 g/mol. The molecular weight excluding hydrogens is 285 g/mol. The number of nitrogens with zero attached hydrogens (tertiary/aromatic N) is 2. The Morgan fingerprint density at radius 2 is 2.00 bits per heavy atom. The van der Waals surface area contributed by atoms with E-state index in [1.807, 2.05) is 0 Å². The summed E-state index contributed by atoms with van der Waals surface area (Å²) in [6.07, 6.45) is -1.61. The predicted octanol–water partition coefficient (Wildman–Crippen LogP) is 2.43. The van der Waals surface area contributed by atoms with Gasteiger partial charge in [-0.25, -0.2) is 9.97 Å².